The van der Waals surface area contributed by atoms with Crippen molar-refractivity contribution in [1.82, 2.24) is 25.5 Å². The molecule has 0 bridgehead atoms. The van der Waals surface area contributed by atoms with E-state index >= 15 is 0 Å². The summed E-state index contributed by atoms with van der Waals surface area (Å²) in [6.07, 6.45) is 1.49. The summed E-state index contributed by atoms with van der Waals surface area (Å²) in [6, 6.07) is 14.3. The van der Waals surface area contributed by atoms with Crippen LogP contribution in [0.3, 0.4) is 0 Å². The third kappa shape index (κ3) is 3.37. The summed E-state index contributed by atoms with van der Waals surface area (Å²) in [5.74, 6) is -0.166. The van der Waals surface area contributed by atoms with Crippen LogP contribution in [0, 0.1) is 0 Å². The highest BCUT2D eigenvalue weighted by Gasteiger charge is 2.13. The molecule has 1 N–H and O–H groups in total. The number of halogens is 1. The predicted molar refractivity (Wildman–Crippen MR) is 86.5 cm³/mol. The molecule has 3 rings (SSSR count). The van der Waals surface area contributed by atoms with Crippen LogP contribution in [0.1, 0.15) is 28.9 Å². The van der Waals surface area contributed by atoms with Crippen molar-refractivity contribution in [2.75, 3.05) is 0 Å². The molecule has 0 aliphatic rings. The molecule has 0 aliphatic heterocycles. The lowest BCUT2D eigenvalue weighted by Crippen LogP contribution is -2.26. The number of hydrogen-bond acceptors (Lipinski definition) is 4. The molecular formula is C16H14ClN5O. The Hall–Kier alpha value is -2.73. The zero-order valence-electron chi connectivity index (χ0n) is 12.3. The molecule has 0 saturated carbocycles. The molecule has 1 heterocycles. The van der Waals surface area contributed by atoms with Crippen molar-refractivity contribution in [3.05, 3.63) is 71.0 Å². The summed E-state index contributed by atoms with van der Waals surface area (Å²) in [5, 5.41) is 14.5. The number of carbonyl (C=O) groups is 1. The van der Waals surface area contributed by atoms with Crippen LogP contribution in [0.25, 0.3) is 5.69 Å². The molecule has 1 atom stereocenters. The minimum atomic E-state index is -0.185. The Kier molecular flexibility index (Phi) is 4.34. The van der Waals surface area contributed by atoms with E-state index in [9.17, 15) is 4.79 Å². The number of aromatic nitrogens is 4. The summed E-state index contributed by atoms with van der Waals surface area (Å²) >= 11 is 6.15. The Balaban J connectivity index is 1.72. The standard InChI is InChI=1S/C16H14ClN5O/c1-11(14-4-2-3-5-15(14)17)19-16(23)12-6-8-13(9-7-12)22-10-18-20-21-22/h2-11H,1H3,(H,19,23)/t11-/m0/s1. The van der Waals surface area contributed by atoms with Gasteiger partial charge in [0.05, 0.1) is 11.7 Å². The van der Waals surface area contributed by atoms with Gasteiger partial charge in [0.2, 0.25) is 0 Å². The third-order valence-electron chi connectivity index (χ3n) is 3.46. The first-order chi connectivity index (χ1) is 11.1. The monoisotopic (exact) mass is 327 g/mol. The van der Waals surface area contributed by atoms with Gasteiger partial charge in [-0.3, -0.25) is 4.79 Å². The number of rotatable bonds is 4. The topological polar surface area (TPSA) is 72.7 Å². The number of amides is 1. The molecule has 0 aliphatic carbocycles. The number of nitrogens with zero attached hydrogens (tertiary/aromatic N) is 4. The fourth-order valence-corrected chi connectivity index (χ4v) is 2.53. The Bertz CT molecular complexity index is 802. The molecule has 1 amide bonds. The number of benzene rings is 2. The highest BCUT2D eigenvalue weighted by molar-refractivity contribution is 6.31. The van der Waals surface area contributed by atoms with E-state index in [1.165, 1.54) is 11.0 Å². The van der Waals surface area contributed by atoms with E-state index in [2.05, 4.69) is 20.8 Å². The van der Waals surface area contributed by atoms with Crippen LogP contribution in [0.4, 0.5) is 0 Å². The second-order valence-electron chi connectivity index (χ2n) is 5.02. The van der Waals surface area contributed by atoms with Crippen LogP contribution in [-0.2, 0) is 0 Å². The average Bonchev–Trinajstić information content (AvgIpc) is 3.09. The van der Waals surface area contributed by atoms with E-state index in [-0.39, 0.29) is 11.9 Å². The van der Waals surface area contributed by atoms with Gasteiger partial charge in [-0.25, -0.2) is 4.68 Å². The Labute approximate surface area is 138 Å². The zero-order chi connectivity index (χ0) is 16.2. The Morgan fingerprint density at radius 2 is 1.91 bits per heavy atom. The SMILES string of the molecule is C[C@H](NC(=O)c1ccc(-n2cnnn2)cc1)c1ccccc1Cl. The van der Waals surface area contributed by atoms with Crippen LogP contribution in [0.2, 0.25) is 5.02 Å². The Morgan fingerprint density at radius 3 is 2.57 bits per heavy atom. The van der Waals surface area contributed by atoms with Gasteiger partial charge in [-0.15, -0.1) is 5.10 Å². The molecule has 3 aromatic rings. The van der Waals surface area contributed by atoms with E-state index < -0.39 is 0 Å². The van der Waals surface area contributed by atoms with Crippen molar-refractivity contribution in [1.29, 1.82) is 0 Å². The molecule has 6 nitrogen and oxygen atoms in total. The smallest absolute Gasteiger partial charge is 0.251 e. The molecule has 0 unspecified atom stereocenters. The lowest BCUT2D eigenvalue weighted by Gasteiger charge is -2.15. The molecule has 116 valence electrons. The molecule has 0 saturated heterocycles. The summed E-state index contributed by atoms with van der Waals surface area (Å²) < 4.78 is 1.52. The van der Waals surface area contributed by atoms with Gasteiger partial charge in [-0.2, -0.15) is 0 Å². The molecule has 23 heavy (non-hydrogen) atoms. The maximum atomic E-state index is 12.3. The van der Waals surface area contributed by atoms with Gasteiger partial charge in [0.15, 0.2) is 0 Å². The molecule has 0 radical (unpaired) electrons. The van der Waals surface area contributed by atoms with Crippen LogP contribution < -0.4 is 5.32 Å². The van der Waals surface area contributed by atoms with Crippen LogP contribution >= 0.6 is 11.6 Å². The fourth-order valence-electron chi connectivity index (χ4n) is 2.23. The van der Waals surface area contributed by atoms with Gasteiger partial charge in [0.1, 0.15) is 6.33 Å². The van der Waals surface area contributed by atoms with Gasteiger partial charge < -0.3 is 5.32 Å². The molecule has 7 heteroatoms. The van der Waals surface area contributed by atoms with E-state index in [4.69, 9.17) is 11.6 Å². The minimum Gasteiger partial charge on any atom is -0.345 e. The van der Waals surface area contributed by atoms with Gasteiger partial charge >= 0.3 is 0 Å². The first kappa shape index (κ1) is 15.2. The van der Waals surface area contributed by atoms with Crippen molar-refractivity contribution in [2.24, 2.45) is 0 Å². The maximum Gasteiger partial charge on any atom is 0.251 e. The highest BCUT2D eigenvalue weighted by atomic mass is 35.5. The van der Waals surface area contributed by atoms with Crippen LogP contribution in [0.15, 0.2) is 54.9 Å². The highest BCUT2D eigenvalue weighted by Crippen LogP contribution is 2.22. The predicted octanol–water partition coefficient (Wildman–Crippen LogP) is 2.81. The van der Waals surface area contributed by atoms with Crippen LogP contribution in [0.5, 0.6) is 0 Å². The number of nitrogens with one attached hydrogen (secondary N) is 1. The van der Waals surface area contributed by atoms with E-state index in [1.807, 2.05) is 25.1 Å². The average molecular weight is 328 g/mol. The minimum absolute atomic E-state index is 0.166. The van der Waals surface area contributed by atoms with Crippen molar-refractivity contribution in [3.63, 3.8) is 0 Å². The van der Waals surface area contributed by atoms with Crippen molar-refractivity contribution < 1.29 is 4.79 Å². The molecule has 0 fully saturated rings. The van der Waals surface area contributed by atoms with Gasteiger partial charge in [0.25, 0.3) is 5.91 Å². The lowest BCUT2D eigenvalue weighted by molar-refractivity contribution is 0.0940. The summed E-state index contributed by atoms with van der Waals surface area (Å²) in [4.78, 5) is 12.3. The fraction of sp³-hybridized carbons (Fsp3) is 0.125. The summed E-state index contributed by atoms with van der Waals surface area (Å²) in [5.41, 5.74) is 2.22. The maximum absolute atomic E-state index is 12.3. The molecule has 1 aromatic heterocycles. The molecular weight excluding hydrogens is 314 g/mol. The number of tetrazole rings is 1. The lowest BCUT2D eigenvalue weighted by atomic mass is 10.1. The second kappa shape index (κ2) is 6.58. The first-order valence-corrected chi connectivity index (χ1v) is 7.41. The zero-order valence-corrected chi connectivity index (χ0v) is 13.1. The second-order valence-corrected chi connectivity index (χ2v) is 5.43. The Morgan fingerprint density at radius 1 is 1.17 bits per heavy atom. The van der Waals surface area contributed by atoms with Gasteiger partial charge in [-0.1, -0.05) is 29.8 Å². The molecule has 0 spiro atoms. The number of carbonyl (C=O) groups excluding carboxylic acids is 1. The summed E-state index contributed by atoms with van der Waals surface area (Å²) in [7, 11) is 0. The van der Waals surface area contributed by atoms with Crippen LogP contribution in [-0.4, -0.2) is 26.1 Å². The van der Waals surface area contributed by atoms with Gasteiger partial charge in [-0.05, 0) is 53.2 Å². The van der Waals surface area contributed by atoms with Crippen molar-refractivity contribution in [2.45, 2.75) is 13.0 Å². The first-order valence-electron chi connectivity index (χ1n) is 7.04. The van der Waals surface area contributed by atoms with Gasteiger partial charge in [0, 0.05) is 10.6 Å². The third-order valence-corrected chi connectivity index (χ3v) is 3.81. The molecule has 2 aromatic carbocycles. The largest absolute Gasteiger partial charge is 0.345 e. The quantitative estimate of drug-likeness (QED) is 0.799. The number of hydrogen-bond donors (Lipinski definition) is 1. The van der Waals surface area contributed by atoms with Crippen molar-refractivity contribution >= 4 is 17.5 Å². The summed E-state index contributed by atoms with van der Waals surface area (Å²) in [6.45, 7) is 1.90. The normalized spacial score (nSPS) is 11.9. The van der Waals surface area contributed by atoms with E-state index in [0.717, 1.165) is 11.3 Å². The van der Waals surface area contributed by atoms with Crippen molar-refractivity contribution in [3.8, 4) is 5.69 Å². The van der Waals surface area contributed by atoms with E-state index in [0.29, 0.717) is 10.6 Å². The van der Waals surface area contributed by atoms with E-state index in [1.54, 1.807) is 30.3 Å².